The Morgan fingerprint density at radius 2 is 2.25 bits per heavy atom. The van der Waals surface area contributed by atoms with Crippen LogP contribution in [0.2, 0.25) is 0 Å². The first-order valence-corrected chi connectivity index (χ1v) is 9.40. The second kappa shape index (κ2) is 6.73. The van der Waals surface area contributed by atoms with Crippen molar-refractivity contribution in [2.45, 2.75) is 19.4 Å². The standard InChI is InChI=1S/C14H21N7O2S/c1-3-24(22,23)21-7-5-11(10-21)17-13-4-6-15-14(19-13)18-12-8-16-20(2)9-12/h4,6,8-9,11H,3,5,7,10H2,1-2H3,(H2,15,17,18,19)/t11-/m1/s1. The molecule has 2 N–H and O–H groups in total. The first-order valence-electron chi connectivity index (χ1n) is 7.79. The van der Waals surface area contributed by atoms with Crippen LogP contribution in [0.4, 0.5) is 17.5 Å². The van der Waals surface area contributed by atoms with Gasteiger partial charge in [-0.2, -0.15) is 14.4 Å². The van der Waals surface area contributed by atoms with Gasteiger partial charge in [0.1, 0.15) is 5.82 Å². The lowest BCUT2D eigenvalue weighted by Gasteiger charge is -2.16. The molecule has 1 aliphatic heterocycles. The minimum Gasteiger partial charge on any atom is -0.366 e. The molecular weight excluding hydrogens is 330 g/mol. The first-order chi connectivity index (χ1) is 11.5. The summed E-state index contributed by atoms with van der Waals surface area (Å²) in [5.74, 6) is 1.26. The molecule has 2 aromatic heterocycles. The van der Waals surface area contributed by atoms with Crippen LogP contribution in [0.3, 0.4) is 0 Å². The molecule has 9 nitrogen and oxygen atoms in total. The number of anilines is 3. The minimum absolute atomic E-state index is 0.0486. The van der Waals surface area contributed by atoms with Crippen molar-refractivity contribution in [2.75, 3.05) is 29.5 Å². The van der Waals surface area contributed by atoms with E-state index in [4.69, 9.17) is 0 Å². The number of nitrogens with zero attached hydrogens (tertiary/aromatic N) is 5. The molecule has 0 saturated carbocycles. The third-order valence-corrected chi connectivity index (χ3v) is 5.73. The molecule has 0 aliphatic carbocycles. The summed E-state index contributed by atoms with van der Waals surface area (Å²) >= 11 is 0. The van der Waals surface area contributed by atoms with Crippen molar-refractivity contribution in [2.24, 2.45) is 7.05 Å². The van der Waals surface area contributed by atoms with Crippen LogP contribution in [0.25, 0.3) is 0 Å². The zero-order chi connectivity index (χ0) is 17.2. The average molecular weight is 351 g/mol. The third kappa shape index (κ3) is 3.82. The molecule has 3 heterocycles. The van der Waals surface area contributed by atoms with Crippen LogP contribution in [0, 0.1) is 0 Å². The lowest BCUT2D eigenvalue weighted by Crippen LogP contribution is -2.32. The Morgan fingerprint density at radius 1 is 1.42 bits per heavy atom. The van der Waals surface area contributed by atoms with Gasteiger partial charge in [-0.15, -0.1) is 0 Å². The Labute approximate surface area is 141 Å². The van der Waals surface area contributed by atoms with Crippen molar-refractivity contribution in [1.82, 2.24) is 24.1 Å². The van der Waals surface area contributed by atoms with E-state index in [1.807, 2.05) is 13.2 Å². The molecule has 0 aromatic carbocycles. The number of aryl methyl sites for hydroxylation is 1. The normalized spacial score (nSPS) is 18.7. The fourth-order valence-corrected chi connectivity index (χ4v) is 3.76. The summed E-state index contributed by atoms with van der Waals surface area (Å²) in [4.78, 5) is 8.59. The fraction of sp³-hybridized carbons (Fsp3) is 0.500. The van der Waals surface area contributed by atoms with Gasteiger partial charge in [-0.3, -0.25) is 4.68 Å². The van der Waals surface area contributed by atoms with Crippen molar-refractivity contribution in [1.29, 1.82) is 0 Å². The van der Waals surface area contributed by atoms with Gasteiger partial charge in [0.2, 0.25) is 16.0 Å². The zero-order valence-electron chi connectivity index (χ0n) is 13.7. The number of hydrogen-bond donors (Lipinski definition) is 2. The highest BCUT2D eigenvalue weighted by atomic mass is 32.2. The average Bonchev–Trinajstić information content (AvgIpc) is 3.17. The lowest BCUT2D eigenvalue weighted by atomic mass is 10.2. The molecular formula is C14H21N7O2S. The van der Waals surface area contributed by atoms with E-state index in [2.05, 4.69) is 25.7 Å². The van der Waals surface area contributed by atoms with Gasteiger partial charge in [-0.1, -0.05) is 0 Å². The zero-order valence-corrected chi connectivity index (χ0v) is 14.5. The predicted octanol–water partition coefficient (Wildman–Crippen LogP) is 0.790. The molecule has 2 aromatic rings. The summed E-state index contributed by atoms with van der Waals surface area (Å²) in [6.45, 7) is 2.67. The molecule has 1 fully saturated rings. The summed E-state index contributed by atoms with van der Waals surface area (Å²) in [7, 11) is -1.30. The monoisotopic (exact) mass is 351 g/mol. The van der Waals surface area contributed by atoms with E-state index in [0.717, 1.165) is 12.1 Å². The van der Waals surface area contributed by atoms with E-state index in [1.165, 1.54) is 4.31 Å². The second-order valence-corrected chi connectivity index (χ2v) is 7.94. The van der Waals surface area contributed by atoms with Crippen molar-refractivity contribution in [3.63, 3.8) is 0 Å². The quantitative estimate of drug-likeness (QED) is 0.792. The Hall–Kier alpha value is -2.20. The molecule has 1 saturated heterocycles. The van der Waals surface area contributed by atoms with E-state index in [1.54, 1.807) is 30.1 Å². The number of nitrogens with one attached hydrogen (secondary N) is 2. The molecule has 24 heavy (non-hydrogen) atoms. The highest BCUT2D eigenvalue weighted by Crippen LogP contribution is 2.19. The van der Waals surface area contributed by atoms with Crippen LogP contribution in [0.1, 0.15) is 13.3 Å². The molecule has 0 bridgehead atoms. The van der Waals surface area contributed by atoms with E-state index >= 15 is 0 Å². The summed E-state index contributed by atoms with van der Waals surface area (Å²) < 4.78 is 27.0. The molecule has 130 valence electrons. The maximum Gasteiger partial charge on any atom is 0.229 e. The van der Waals surface area contributed by atoms with Crippen molar-refractivity contribution in [3.8, 4) is 0 Å². The van der Waals surface area contributed by atoms with Crippen LogP contribution in [-0.4, -0.2) is 57.4 Å². The number of hydrogen-bond acceptors (Lipinski definition) is 7. The molecule has 10 heteroatoms. The van der Waals surface area contributed by atoms with Gasteiger partial charge >= 0.3 is 0 Å². The van der Waals surface area contributed by atoms with Gasteiger partial charge in [0.15, 0.2) is 0 Å². The highest BCUT2D eigenvalue weighted by molar-refractivity contribution is 7.89. The summed E-state index contributed by atoms with van der Waals surface area (Å²) in [5, 5.41) is 10.4. The maximum absolute atomic E-state index is 11.9. The fourth-order valence-electron chi connectivity index (χ4n) is 2.60. The Bertz CT molecular complexity index is 805. The number of rotatable bonds is 6. The largest absolute Gasteiger partial charge is 0.366 e. The van der Waals surface area contributed by atoms with Crippen molar-refractivity contribution < 1.29 is 8.42 Å². The van der Waals surface area contributed by atoms with Gasteiger partial charge in [0, 0.05) is 38.6 Å². The first kappa shape index (κ1) is 16.7. The van der Waals surface area contributed by atoms with E-state index in [-0.39, 0.29) is 11.8 Å². The highest BCUT2D eigenvalue weighted by Gasteiger charge is 2.30. The van der Waals surface area contributed by atoms with Gasteiger partial charge in [0.05, 0.1) is 17.6 Å². The Kier molecular flexibility index (Phi) is 4.67. The molecule has 0 spiro atoms. The van der Waals surface area contributed by atoms with Crippen LogP contribution in [0.5, 0.6) is 0 Å². The summed E-state index contributed by atoms with van der Waals surface area (Å²) in [5.41, 5.74) is 0.802. The minimum atomic E-state index is -3.13. The molecule has 1 atom stereocenters. The van der Waals surface area contributed by atoms with Gasteiger partial charge in [-0.25, -0.2) is 13.4 Å². The Morgan fingerprint density at radius 3 is 2.96 bits per heavy atom. The van der Waals surface area contributed by atoms with E-state index < -0.39 is 10.0 Å². The molecule has 0 unspecified atom stereocenters. The second-order valence-electron chi connectivity index (χ2n) is 5.68. The van der Waals surface area contributed by atoms with E-state index in [9.17, 15) is 8.42 Å². The van der Waals surface area contributed by atoms with Crippen LogP contribution in [-0.2, 0) is 17.1 Å². The third-order valence-electron chi connectivity index (χ3n) is 3.88. The number of sulfonamides is 1. The molecule has 3 rings (SSSR count). The Balaban J connectivity index is 1.63. The molecule has 1 aliphatic rings. The van der Waals surface area contributed by atoms with Crippen LogP contribution < -0.4 is 10.6 Å². The maximum atomic E-state index is 11.9. The summed E-state index contributed by atoms with van der Waals surface area (Å²) in [6.07, 6.45) is 5.93. The SMILES string of the molecule is CCS(=O)(=O)N1CC[C@@H](Nc2ccnc(Nc3cnn(C)c3)n2)C1. The van der Waals surface area contributed by atoms with Gasteiger partial charge < -0.3 is 10.6 Å². The molecule has 0 amide bonds. The molecule has 0 radical (unpaired) electrons. The predicted molar refractivity (Wildman–Crippen MR) is 91.6 cm³/mol. The van der Waals surface area contributed by atoms with Crippen LogP contribution >= 0.6 is 0 Å². The topological polar surface area (TPSA) is 105 Å². The van der Waals surface area contributed by atoms with Crippen LogP contribution in [0.15, 0.2) is 24.7 Å². The summed E-state index contributed by atoms with van der Waals surface area (Å²) in [6, 6.07) is 1.82. The lowest BCUT2D eigenvalue weighted by molar-refractivity contribution is 0.475. The smallest absolute Gasteiger partial charge is 0.229 e. The number of aromatic nitrogens is 4. The van der Waals surface area contributed by atoms with Crippen molar-refractivity contribution in [3.05, 3.63) is 24.7 Å². The van der Waals surface area contributed by atoms with Gasteiger partial charge in [0.25, 0.3) is 0 Å². The van der Waals surface area contributed by atoms with Gasteiger partial charge in [-0.05, 0) is 19.4 Å². The van der Waals surface area contributed by atoms with Crippen molar-refractivity contribution >= 4 is 27.5 Å². The van der Waals surface area contributed by atoms with E-state index in [0.29, 0.717) is 24.9 Å².